The lowest BCUT2D eigenvalue weighted by Gasteiger charge is -2.21. The molecule has 0 bridgehead atoms. The van der Waals surface area contributed by atoms with Crippen molar-refractivity contribution in [1.82, 2.24) is 4.90 Å². The Hall–Kier alpha value is -3.05. The fourth-order valence-corrected chi connectivity index (χ4v) is 3.48. The first kappa shape index (κ1) is 20.3. The molecule has 11 heteroatoms. The molecule has 9 nitrogen and oxygen atoms in total. The average molecular weight is 408 g/mol. The predicted octanol–water partition coefficient (Wildman–Crippen LogP) is 2.28. The van der Waals surface area contributed by atoms with Gasteiger partial charge < -0.3 is 10.2 Å². The monoisotopic (exact) mass is 408 g/mol. The van der Waals surface area contributed by atoms with Crippen molar-refractivity contribution in [3.63, 3.8) is 0 Å². The lowest BCUT2D eigenvalue weighted by atomic mass is 10.1. The largest absolute Gasteiger partial charge is 0.481 e. The van der Waals surface area contributed by atoms with Gasteiger partial charge in [-0.3, -0.25) is 24.6 Å². The van der Waals surface area contributed by atoms with Crippen molar-refractivity contribution in [2.24, 2.45) is 0 Å². The van der Waals surface area contributed by atoms with E-state index in [-0.39, 0.29) is 14.9 Å². The first-order chi connectivity index (χ1) is 12.7. The lowest BCUT2D eigenvalue weighted by molar-refractivity contribution is -0.384. The SMILES string of the molecule is O=C(O)CC(C(=O)O)N1C(=O)/C(=C/C=C/c2ccc([N+](=O)[O-])cc2)SC1=S. The Morgan fingerprint density at radius 2 is 1.93 bits per heavy atom. The molecule has 2 N–H and O–H groups in total. The van der Waals surface area contributed by atoms with Gasteiger partial charge in [-0.2, -0.15) is 0 Å². The number of nitro benzene ring substituents is 1. The third-order valence-corrected chi connectivity index (χ3v) is 4.78. The molecule has 0 radical (unpaired) electrons. The van der Waals surface area contributed by atoms with Crippen molar-refractivity contribution in [2.45, 2.75) is 12.5 Å². The standard InChI is InChI=1S/C16H12N2O7S2/c19-13(20)8-11(15(22)23)17-14(21)12(27-16(17)26)3-1-2-9-4-6-10(7-5-9)18(24)25/h1-7,11H,8H2,(H,19,20)(H,22,23)/b2-1+,12-3-. The maximum Gasteiger partial charge on any atom is 0.327 e. The minimum Gasteiger partial charge on any atom is -0.481 e. The summed E-state index contributed by atoms with van der Waals surface area (Å²) in [5.41, 5.74) is 0.604. The van der Waals surface area contributed by atoms with E-state index in [1.54, 1.807) is 6.08 Å². The van der Waals surface area contributed by atoms with Gasteiger partial charge in [0, 0.05) is 12.1 Å². The molecule has 1 saturated heterocycles. The highest BCUT2D eigenvalue weighted by molar-refractivity contribution is 8.26. The summed E-state index contributed by atoms with van der Waals surface area (Å²) in [5, 5.41) is 28.6. The van der Waals surface area contributed by atoms with Crippen LogP contribution in [0.15, 0.2) is 41.3 Å². The fourth-order valence-electron chi connectivity index (χ4n) is 2.17. The van der Waals surface area contributed by atoms with Crippen LogP contribution < -0.4 is 0 Å². The summed E-state index contributed by atoms with van der Waals surface area (Å²) < 4.78 is -0.0383. The van der Waals surface area contributed by atoms with Gasteiger partial charge in [0.2, 0.25) is 0 Å². The van der Waals surface area contributed by atoms with Crippen LogP contribution in [0.2, 0.25) is 0 Å². The minimum atomic E-state index is -1.58. The molecular weight excluding hydrogens is 396 g/mol. The molecule has 1 aliphatic rings. The van der Waals surface area contributed by atoms with Crippen LogP contribution >= 0.6 is 24.0 Å². The number of hydrogen-bond donors (Lipinski definition) is 2. The maximum atomic E-state index is 12.4. The van der Waals surface area contributed by atoms with E-state index in [4.69, 9.17) is 17.3 Å². The highest BCUT2D eigenvalue weighted by Gasteiger charge is 2.41. The van der Waals surface area contributed by atoms with Crippen molar-refractivity contribution in [1.29, 1.82) is 0 Å². The molecule has 140 valence electrons. The molecule has 0 spiro atoms. The molecule has 2 rings (SSSR count). The number of carbonyl (C=O) groups is 3. The Morgan fingerprint density at radius 3 is 2.44 bits per heavy atom. The molecule has 1 aromatic carbocycles. The Kier molecular flexibility index (Phi) is 6.42. The number of nitrogens with zero attached hydrogens (tertiary/aromatic N) is 2. The lowest BCUT2D eigenvalue weighted by Crippen LogP contribution is -2.45. The fraction of sp³-hybridized carbons (Fsp3) is 0.125. The Bertz CT molecular complexity index is 877. The number of nitro groups is 1. The van der Waals surface area contributed by atoms with Gasteiger partial charge in [-0.25, -0.2) is 4.79 Å². The van der Waals surface area contributed by atoms with Gasteiger partial charge in [-0.05, 0) is 23.8 Å². The summed E-state index contributed by atoms with van der Waals surface area (Å²) in [6.07, 6.45) is 3.76. The number of benzene rings is 1. The minimum absolute atomic E-state index is 0.0383. The number of rotatable bonds is 7. The number of carbonyl (C=O) groups excluding carboxylic acids is 1. The Balaban J connectivity index is 2.16. The summed E-state index contributed by atoms with van der Waals surface area (Å²) >= 11 is 5.88. The number of carboxylic acid groups (broad SMARTS) is 2. The molecule has 0 aromatic heterocycles. The Morgan fingerprint density at radius 1 is 1.30 bits per heavy atom. The average Bonchev–Trinajstić information content (AvgIpc) is 2.87. The van der Waals surface area contributed by atoms with Crippen LogP contribution in [0.5, 0.6) is 0 Å². The van der Waals surface area contributed by atoms with Crippen molar-refractivity contribution in [3.8, 4) is 0 Å². The molecule has 27 heavy (non-hydrogen) atoms. The second-order valence-corrected chi connectivity index (χ2v) is 6.91. The zero-order valence-corrected chi connectivity index (χ0v) is 15.1. The number of carboxylic acids is 2. The zero-order valence-electron chi connectivity index (χ0n) is 13.5. The first-order valence-corrected chi connectivity index (χ1v) is 8.56. The molecule has 1 aliphatic heterocycles. The van der Waals surface area contributed by atoms with E-state index in [2.05, 4.69) is 0 Å². The second kappa shape index (κ2) is 8.56. The van der Waals surface area contributed by atoms with Crippen LogP contribution in [0.25, 0.3) is 6.08 Å². The van der Waals surface area contributed by atoms with Crippen molar-refractivity contribution < 1.29 is 29.5 Å². The number of aliphatic carboxylic acids is 2. The third kappa shape index (κ3) is 4.99. The molecule has 0 saturated carbocycles. The smallest absolute Gasteiger partial charge is 0.327 e. The van der Waals surface area contributed by atoms with Gasteiger partial charge in [0.05, 0.1) is 16.2 Å². The van der Waals surface area contributed by atoms with E-state index in [1.807, 2.05) is 0 Å². The van der Waals surface area contributed by atoms with Crippen LogP contribution in [-0.2, 0) is 14.4 Å². The van der Waals surface area contributed by atoms with Gasteiger partial charge in [0.1, 0.15) is 10.4 Å². The summed E-state index contributed by atoms with van der Waals surface area (Å²) in [6, 6.07) is 4.15. The van der Waals surface area contributed by atoms with E-state index >= 15 is 0 Å². The molecule has 1 atom stereocenters. The van der Waals surface area contributed by atoms with Crippen LogP contribution in [-0.4, -0.2) is 48.2 Å². The molecule has 1 heterocycles. The second-order valence-electron chi connectivity index (χ2n) is 5.23. The first-order valence-electron chi connectivity index (χ1n) is 7.33. The highest BCUT2D eigenvalue weighted by atomic mass is 32.2. The van der Waals surface area contributed by atoms with E-state index in [1.165, 1.54) is 36.4 Å². The van der Waals surface area contributed by atoms with Crippen LogP contribution in [0, 0.1) is 10.1 Å². The highest BCUT2D eigenvalue weighted by Crippen LogP contribution is 2.33. The number of thiocarbonyl (C=S) groups is 1. The summed E-state index contributed by atoms with van der Waals surface area (Å²) in [7, 11) is 0. The number of hydrogen-bond acceptors (Lipinski definition) is 7. The zero-order chi connectivity index (χ0) is 20.1. The molecule has 1 aromatic rings. The van der Waals surface area contributed by atoms with Crippen molar-refractivity contribution in [2.75, 3.05) is 0 Å². The van der Waals surface area contributed by atoms with Gasteiger partial charge in [-0.1, -0.05) is 36.1 Å². The normalized spacial score (nSPS) is 16.9. The number of thioether (sulfide) groups is 1. The molecule has 1 amide bonds. The molecule has 0 aliphatic carbocycles. The molecular formula is C16H12N2O7S2. The quantitative estimate of drug-likeness (QED) is 0.301. The van der Waals surface area contributed by atoms with E-state index in [0.29, 0.717) is 5.56 Å². The van der Waals surface area contributed by atoms with Crippen LogP contribution in [0.1, 0.15) is 12.0 Å². The number of amides is 1. The molecule has 1 unspecified atom stereocenters. The summed E-state index contributed by atoms with van der Waals surface area (Å²) in [5.74, 6) is -3.51. The van der Waals surface area contributed by atoms with Gasteiger partial charge in [0.25, 0.3) is 11.6 Å². The van der Waals surface area contributed by atoms with E-state index in [9.17, 15) is 29.6 Å². The molecule has 1 fully saturated rings. The Labute approximate surface area is 162 Å². The van der Waals surface area contributed by atoms with Crippen molar-refractivity contribution >= 4 is 57.9 Å². The summed E-state index contributed by atoms with van der Waals surface area (Å²) in [6.45, 7) is 0. The van der Waals surface area contributed by atoms with Crippen LogP contribution in [0.3, 0.4) is 0 Å². The maximum absolute atomic E-state index is 12.4. The summed E-state index contributed by atoms with van der Waals surface area (Å²) in [4.78, 5) is 45.5. The number of non-ortho nitro benzene ring substituents is 1. The van der Waals surface area contributed by atoms with Gasteiger partial charge in [0.15, 0.2) is 0 Å². The van der Waals surface area contributed by atoms with E-state index < -0.39 is 35.2 Å². The van der Waals surface area contributed by atoms with Crippen molar-refractivity contribution in [3.05, 3.63) is 57.0 Å². The number of allylic oxidation sites excluding steroid dienone is 2. The predicted molar refractivity (Wildman–Crippen MR) is 101 cm³/mol. The van der Waals surface area contributed by atoms with Gasteiger partial charge in [-0.15, -0.1) is 0 Å². The van der Waals surface area contributed by atoms with Gasteiger partial charge >= 0.3 is 11.9 Å². The third-order valence-electron chi connectivity index (χ3n) is 3.43. The van der Waals surface area contributed by atoms with Crippen LogP contribution in [0.4, 0.5) is 5.69 Å². The topological polar surface area (TPSA) is 138 Å². The van der Waals surface area contributed by atoms with E-state index in [0.717, 1.165) is 16.7 Å².